The van der Waals surface area contributed by atoms with Crippen molar-refractivity contribution >= 4 is 17.7 Å². The fourth-order valence-corrected chi connectivity index (χ4v) is 6.31. The second-order valence-electron chi connectivity index (χ2n) is 9.48. The maximum atomic E-state index is 13.2. The number of ketones is 1. The first-order valence-electron chi connectivity index (χ1n) is 10.3. The molecule has 0 aromatic heterocycles. The van der Waals surface area contributed by atoms with Crippen molar-refractivity contribution < 1.29 is 19.1 Å². The van der Waals surface area contributed by atoms with Gasteiger partial charge in [-0.2, -0.15) is 0 Å². The monoisotopic (exact) mass is 383 g/mol. The van der Waals surface area contributed by atoms with Gasteiger partial charge in [-0.05, 0) is 64.2 Å². The number of ether oxygens (including phenoxy) is 1. The van der Waals surface area contributed by atoms with Crippen LogP contribution < -0.4 is 5.32 Å². The highest BCUT2D eigenvalue weighted by Gasteiger charge is 2.61. The van der Waals surface area contributed by atoms with E-state index in [0.717, 1.165) is 37.7 Å². The molecule has 4 bridgehead atoms. The van der Waals surface area contributed by atoms with Crippen molar-refractivity contribution in [3.63, 3.8) is 0 Å². The van der Waals surface area contributed by atoms with Crippen molar-refractivity contribution in [1.82, 2.24) is 5.32 Å². The quantitative estimate of drug-likeness (QED) is 0.623. The molecule has 0 saturated heterocycles. The Bertz CT molecular complexity index is 798. The molecule has 3 atom stereocenters. The van der Waals surface area contributed by atoms with Crippen molar-refractivity contribution in [2.75, 3.05) is 0 Å². The molecule has 0 radical (unpaired) electrons. The molecular formula is C23H29NO4. The van der Waals surface area contributed by atoms with E-state index in [0.29, 0.717) is 23.8 Å². The lowest BCUT2D eigenvalue weighted by molar-refractivity contribution is -0.178. The molecule has 1 N–H and O–H groups in total. The van der Waals surface area contributed by atoms with Gasteiger partial charge < -0.3 is 10.1 Å². The SMILES string of the molecule is CC(=O)NC12C[C@H]3C[C@H](C1)CC(C(=O)O[C@@H](C)C(=O)c1ccc(C)cc1)(C3)C2. The summed E-state index contributed by atoms with van der Waals surface area (Å²) in [5.41, 5.74) is 0.803. The van der Waals surface area contributed by atoms with E-state index >= 15 is 0 Å². The summed E-state index contributed by atoms with van der Waals surface area (Å²) in [7, 11) is 0. The number of hydrogen-bond acceptors (Lipinski definition) is 4. The molecule has 4 fully saturated rings. The zero-order valence-electron chi connectivity index (χ0n) is 16.9. The van der Waals surface area contributed by atoms with Crippen LogP contribution in [0.4, 0.5) is 0 Å². The topological polar surface area (TPSA) is 72.5 Å². The highest BCUT2D eigenvalue weighted by Crippen LogP contribution is 2.62. The third kappa shape index (κ3) is 3.36. The van der Waals surface area contributed by atoms with E-state index in [1.807, 2.05) is 19.1 Å². The van der Waals surface area contributed by atoms with Crippen molar-refractivity contribution in [3.05, 3.63) is 35.4 Å². The number of benzene rings is 1. The Labute approximate surface area is 166 Å². The summed E-state index contributed by atoms with van der Waals surface area (Å²) >= 11 is 0. The van der Waals surface area contributed by atoms with E-state index in [1.54, 1.807) is 26.0 Å². The number of rotatable bonds is 5. The highest BCUT2D eigenvalue weighted by atomic mass is 16.5. The summed E-state index contributed by atoms with van der Waals surface area (Å²) < 4.78 is 5.73. The van der Waals surface area contributed by atoms with Crippen LogP contribution >= 0.6 is 0 Å². The van der Waals surface area contributed by atoms with E-state index < -0.39 is 11.5 Å². The van der Waals surface area contributed by atoms with Crippen LogP contribution in [0.3, 0.4) is 0 Å². The largest absolute Gasteiger partial charge is 0.454 e. The van der Waals surface area contributed by atoms with Gasteiger partial charge in [0, 0.05) is 18.0 Å². The Morgan fingerprint density at radius 3 is 2.25 bits per heavy atom. The summed E-state index contributed by atoms with van der Waals surface area (Å²) in [6.07, 6.45) is 4.50. The average Bonchev–Trinajstić information content (AvgIpc) is 2.59. The molecule has 1 aromatic carbocycles. The van der Waals surface area contributed by atoms with Gasteiger partial charge in [0.1, 0.15) is 0 Å². The summed E-state index contributed by atoms with van der Waals surface area (Å²) in [6.45, 7) is 5.17. The molecule has 28 heavy (non-hydrogen) atoms. The van der Waals surface area contributed by atoms with E-state index in [-0.39, 0.29) is 23.2 Å². The molecule has 5 heteroatoms. The molecular weight excluding hydrogens is 354 g/mol. The van der Waals surface area contributed by atoms with E-state index in [1.165, 1.54) is 0 Å². The number of nitrogens with one attached hydrogen (secondary N) is 1. The Hall–Kier alpha value is -2.17. The summed E-state index contributed by atoms with van der Waals surface area (Å²) in [5.74, 6) is 0.430. The Morgan fingerprint density at radius 1 is 1.07 bits per heavy atom. The minimum absolute atomic E-state index is 0.0339. The van der Waals surface area contributed by atoms with Crippen molar-refractivity contribution in [2.45, 2.75) is 70.9 Å². The van der Waals surface area contributed by atoms with Crippen molar-refractivity contribution in [1.29, 1.82) is 0 Å². The summed E-state index contributed by atoms with van der Waals surface area (Å²) in [4.78, 5) is 37.7. The van der Waals surface area contributed by atoms with Gasteiger partial charge >= 0.3 is 5.97 Å². The van der Waals surface area contributed by atoms with Crippen LogP contribution in [0.5, 0.6) is 0 Å². The van der Waals surface area contributed by atoms with Gasteiger partial charge in [0.25, 0.3) is 0 Å². The molecule has 5 rings (SSSR count). The molecule has 150 valence electrons. The Morgan fingerprint density at radius 2 is 1.68 bits per heavy atom. The third-order valence-electron chi connectivity index (χ3n) is 6.92. The lowest BCUT2D eigenvalue weighted by atomic mass is 9.47. The fraction of sp³-hybridized carbons (Fsp3) is 0.609. The molecule has 4 aliphatic rings. The predicted molar refractivity (Wildman–Crippen MR) is 105 cm³/mol. The number of carbonyl (C=O) groups is 3. The lowest BCUT2D eigenvalue weighted by Gasteiger charge is -2.60. The number of esters is 1. The maximum absolute atomic E-state index is 13.2. The summed E-state index contributed by atoms with van der Waals surface area (Å²) in [5, 5.41) is 3.16. The zero-order chi connectivity index (χ0) is 20.1. The first-order chi connectivity index (χ1) is 13.2. The van der Waals surface area contributed by atoms with E-state index in [4.69, 9.17) is 4.74 Å². The number of carbonyl (C=O) groups excluding carboxylic acids is 3. The molecule has 1 aromatic rings. The highest BCUT2D eigenvalue weighted by molar-refractivity contribution is 6.00. The predicted octanol–water partition coefficient (Wildman–Crippen LogP) is 3.58. The zero-order valence-corrected chi connectivity index (χ0v) is 16.9. The van der Waals surface area contributed by atoms with Gasteiger partial charge in [0.05, 0.1) is 5.41 Å². The second kappa shape index (κ2) is 6.71. The molecule has 5 nitrogen and oxygen atoms in total. The van der Waals surface area contributed by atoms with Crippen LogP contribution in [0, 0.1) is 24.2 Å². The van der Waals surface area contributed by atoms with Gasteiger partial charge in [0.15, 0.2) is 6.10 Å². The van der Waals surface area contributed by atoms with Gasteiger partial charge in [-0.1, -0.05) is 29.8 Å². The molecule has 0 aliphatic heterocycles. The van der Waals surface area contributed by atoms with Crippen LogP contribution in [0.25, 0.3) is 0 Å². The smallest absolute Gasteiger partial charge is 0.312 e. The van der Waals surface area contributed by atoms with Crippen LogP contribution in [-0.4, -0.2) is 29.3 Å². The number of hydrogen-bond donors (Lipinski definition) is 1. The number of aryl methyl sites for hydroxylation is 1. The first-order valence-corrected chi connectivity index (χ1v) is 10.3. The van der Waals surface area contributed by atoms with Crippen molar-refractivity contribution in [2.24, 2.45) is 17.3 Å². The molecule has 0 spiro atoms. The molecule has 4 saturated carbocycles. The van der Waals surface area contributed by atoms with Crippen LogP contribution in [0.15, 0.2) is 24.3 Å². The van der Waals surface area contributed by atoms with Crippen LogP contribution in [-0.2, 0) is 14.3 Å². The molecule has 1 amide bonds. The maximum Gasteiger partial charge on any atom is 0.312 e. The van der Waals surface area contributed by atoms with Crippen molar-refractivity contribution in [3.8, 4) is 0 Å². The standard InChI is InChI=1S/C23H29NO4/c1-14-4-6-19(7-5-14)20(26)15(2)28-21(27)22-9-17-8-18(10-22)12-23(11-17,13-22)24-16(3)25/h4-7,15,17-18H,8-13H2,1-3H3,(H,24,25)/t15-,17-,18-,22?,23?/m0/s1. The number of amides is 1. The van der Waals surface area contributed by atoms with Crippen LogP contribution in [0.2, 0.25) is 0 Å². The lowest BCUT2D eigenvalue weighted by Crippen LogP contribution is -2.64. The average molecular weight is 383 g/mol. The summed E-state index contributed by atoms with van der Waals surface area (Å²) in [6, 6.07) is 7.33. The van der Waals surface area contributed by atoms with Crippen LogP contribution in [0.1, 0.15) is 68.3 Å². The third-order valence-corrected chi connectivity index (χ3v) is 6.92. The van der Waals surface area contributed by atoms with Gasteiger partial charge in [-0.25, -0.2) is 0 Å². The normalized spacial score (nSPS) is 34.0. The van der Waals surface area contributed by atoms with Gasteiger partial charge in [0.2, 0.25) is 11.7 Å². The first kappa shape index (κ1) is 19.2. The molecule has 0 heterocycles. The second-order valence-corrected chi connectivity index (χ2v) is 9.48. The van der Waals surface area contributed by atoms with Gasteiger partial charge in [-0.3, -0.25) is 14.4 Å². The number of Topliss-reactive ketones (excluding diaryl/α,β-unsaturated/α-hetero) is 1. The van der Waals surface area contributed by atoms with Gasteiger partial charge in [-0.15, -0.1) is 0 Å². The Kier molecular flexibility index (Phi) is 4.59. The minimum Gasteiger partial charge on any atom is -0.454 e. The Balaban J connectivity index is 1.50. The fourth-order valence-electron chi connectivity index (χ4n) is 6.31. The van der Waals surface area contributed by atoms with E-state index in [2.05, 4.69) is 5.32 Å². The molecule has 4 aliphatic carbocycles. The molecule has 0 unspecified atom stereocenters. The van der Waals surface area contributed by atoms with E-state index in [9.17, 15) is 14.4 Å². The minimum atomic E-state index is -0.806.